The number of rotatable bonds is 6. The van der Waals surface area contributed by atoms with Gasteiger partial charge in [-0.1, -0.05) is 48.0 Å². The van der Waals surface area contributed by atoms with Gasteiger partial charge in [-0.2, -0.15) is 15.2 Å². The van der Waals surface area contributed by atoms with E-state index in [4.69, 9.17) is 16.3 Å². The van der Waals surface area contributed by atoms with Crippen molar-refractivity contribution in [3.05, 3.63) is 89.5 Å². The molecule has 0 bridgehead atoms. The molecule has 13 heteroatoms. The van der Waals surface area contributed by atoms with Gasteiger partial charge in [0.15, 0.2) is 17.5 Å². The molecule has 1 amide bonds. The Morgan fingerprint density at radius 1 is 1.06 bits per heavy atom. The highest BCUT2D eigenvalue weighted by Gasteiger charge is 2.34. The number of carbonyl (C=O) groups is 1. The van der Waals surface area contributed by atoms with Crippen LogP contribution in [0.1, 0.15) is 25.1 Å². The summed E-state index contributed by atoms with van der Waals surface area (Å²) >= 11 is 6.53. The van der Waals surface area contributed by atoms with Crippen molar-refractivity contribution < 1.29 is 18.3 Å². The van der Waals surface area contributed by atoms with Gasteiger partial charge in [0.05, 0.1) is 25.6 Å². The molecule has 2 aliphatic heterocycles. The van der Waals surface area contributed by atoms with Gasteiger partial charge in [-0.25, -0.2) is 18.7 Å². The van der Waals surface area contributed by atoms with E-state index in [1.807, 2.05) is 29.2 Å². The molecule has 49 heavy (non-hydrogen) atoms. The smallest absolute Gasteiger partial charge is 0.318 e. The number of piperazine rings is 1. The van der Waals surface area contributed by atoms with Gasteiger partial charge in [0.2, 0.25) is 0 Å². The van der Waals surface area contributed by atoms with Gasteiger partial charge in [0.25, 0.3) is 5.91 Å². The first-order valence-corrected chi connectivity index (χ1v) is 16.3. The normalized spacial score (nSPS) is 16.3. The number of nitrogens with one attached hydrogen (secondary N) is 1. The number of hydrogen-bond acceptors (Lipinski definition) is 9. The van der Waals surface area contributed by atoms with Gasteiger partial charge >= 0.3 is 6.01 Å². The zero-order valence-electron chi connectivity index (χ0n) is 26.7. The number of ether oxygens (including phenoxy) is 1. The van der Waals surface area contributed by atoms with Crippen LogP contribution in [0.5, 0.6) is 6.01 Å². The zero-order chi connectivity index (χ0) is 34.3. The van der Waals surface area contributed by atoms with Crippen LogP contribution in [0.3, 0.4) is 0 Å². The summed E-state index contributed by atoms with van der Waals surface area (Å²) < 4.78 is 36.7. The number of methoxy groups -OCH3 is 1. The van der Waals surface area contributed by atoms with E-state index in [1.54, 1.807) is 30.3 Å². The van der Waals surface area contributed by atoms with E-state index in [0.717, 1.165) is 16.8 Å². The number of carbonyl (C=O) groups excluding carboxylic acids is 1. The molecule has 0 aliphatic carbocycles. The Hall–Kier alpha value is -5.25. The predicted octanol–water partition coefficient (Wildman–Crippen LogP) is 6.35. The maximum absolute atomic E-state index is 16.3. The van der Waals surface area contributed by atoms with Gasteiger partial charge in [-0.3, -0.25) is 4.79 Å². The molecule has 10 nitrogen and oxygen atoms in total. The summed E-state index contributed by atoms with van der Waals surface area (Å²) in [6.45, 7) is 2.97. The molecule has 2 aliphatic rings. The van der Waals surface area contributed by atoms with Crippen molar-refractivity contribution >= 4 is 51.1 Å². The second-order valence-electron chi connectivity index (χ2n) is 11.5. The van der Waals surface area contributed by atoms with Crippen molar-refractivity contribution in [1.82, 2.24) is 30.2 Å². The third kappa shape index (κ3) is 7.28. The Morgan fingerprint density at radius 3 is 2.51 bits per heavy atom. The third-order valence-corrected chi connectivity index (χ3v) is 8.78. The highest BCUT2D eigenvalue weighted by molar-refractivity contribution is 6.36. The van der Waals surface area contributed by atoms with Gasteiger partial charge in [-0.15, -0.1) is 0 Å². The first-order valence-electron chi connectivity index (χ1n) is 15.9. The van der Waals surface area contributed by atoms with Crippen LogP contribution >= 0.6 is 11.6 Å². The molecule has 5 aromatic rings. The average molecular weight is 683 g/mol. The summed E-state index contributed by atoms with van der Waals surface area (Å²) in [7, 11) is 1.39. The molecule has 1 unspecified atom stereocenters. The van der Waals surface area contributed by atoms with E-state index in [-0.39, 0.29) is 43.4 Å². The molecule has 0 saturated carbocycles. The lowest BCUT2D eigenvalue weighted by atomic mass is 9.96. The van der Waals surface area contributed by atoms with Crippen LogP contribution < -0.4 is 15.0 Å². The van der Waals surface area contributed by atoms with Crippen molar-refractivity contribution in [1.29, 1.82) is 5.26 Å². The number of nitrogens with zero attached hydrogens (tertiary/aromatic N) is 7. The summed E-state index contributed by atoms with van der Waals surface area (Å²) in [5.41, 5.74) is 0.967. The van der Waals surface area contributed by atoms with Gasteiger partial charge in [0, 0.05) is 59.5 Å². The minimum atomic E-state index is -1.04. The Kier molecular flexibility index (Phi) is 10.5. The molecule has 4 heterocycles. The summed E-state index contributed by atoms with van der Waals surface area (Å²) in [5, 5.41) is 15.3. The van der Waals surface area contributed by atoms with Crippen LogP contribution in [-0.4, -0.2) is 76.6 Å². The molecule has 0 radical (unpaired) electrons. The van der Waals surface area contributed by atoms with Gasteiger partial charge < -0.3 is 19.9 Å². The fourth-order valence-corrected chi connectivity index (χ4v) is 6.39. The third-order valence-electron chi connectivity index (χ3n) is 8.47. The van der Waals surface area contributed by atoms with Crippen LogP contribution in [-0.2, 0) is 4.79 Å². The molecular weight excluding hydrogens is 650 g/mol. The van der Waals surface area contributed by atoms with Crippen LogP contribution in [0.25, 0.3) is 38.9 Å². The molecule has 7 rings (SSSR count). The first kappa shape index (κ1) is 33.6. The minimum absolute atomic E-state index is 0.0422. The van der Waals surface area contributed by atoms with E-state index in [0.29, 0.717) is 27.4 Å². The lowest BCUT2D eigenvalue weighted by Gasteiger charge is -2.41. The number of amides is 1. The molecular formula is C36H33ClF2N8O2. The molecule has 250 valence electrons. The molecule has 2 aromatic heterocycles. The van der Waals surface area contributed by atoms with E-state index >= 15 is 4.39 Å². The highest BCUT2D eigenvalue weighted by atomic mass is 35.5. The summed E-state index contributed by atoms with van der Waals surface area (Å²) in [5.74, 6) is -2.05. The highest BCUT2D eigenvalue weighted by Crippen LogP contribution is 2.39. The average Bonchev–Trinajstić information content (AvgIpc) is 3.72. The lowest BCUT2D eigenvalue weighted by molar-refractivity contribution is -0.131. The van der Waals surface area contributed by atoms with Crippen molar-refractivity contribution in [2.75, 3.05) is 44.7 Å². The largest absolute Gasteiger partial charge is 0.467 e. The quantitative estimate of drug-likeness (QED) is 0.204. The van der Waals surface area contributed by atoms with E-state index in [2.05, 4.69) is 31.3 Å². The standard InChI is InChI=1S/C32H24ClF2N7O2.C4H9N/c1-44-32-39-29-23(10-9-22(28(29)35)21-7-2-5-19-6-3-8-24(33)27(19)21)30(40-32)41-15-16-42(20(18-41)11-12-36)31(43)25(34)17-26-37-13-4-14-38-26;1-2-4-5-3-1/h2-10,13-14,17,20H,11,15-16,18H2,1H3;5H,1-4H2/b25-17-;. The number of nitriles is 1. The number of halogens is 3. The number of hydrogen-bond donors (Lipinski definition) is 1. The molecule has 1 atom stereocenters. The number of benzene rings is 3. The second-order valence-corrected chi connectivity index (χ2v) is 11.9. The Balaban J connectivity index is 0.000000765. The fraction of sp³-hybridized carbons (Fsp3) is 0.278. The Bertz CT molecular complexity index is 2040. The van der Waals surface area contributed by atoms with Gasteiger partial charge in [0.1, 0.15) is 11.3 Å². The number of fused-ring (bicyclic) bond motifs is 2. The number of aromatic nitrogens is 4. The lowest BCUT2D eigenvalue weighted by Crippen LogP contribution is -2.55. The fourth-order valence-electron chi connectivity index (χ4n) is 6.10. The van der Waals surface area contributed by atoms with Crippen LogP contribution in [0.4, 0.5) is 14.6 Å². The summed E-state index contributed by atoms with van der Waals surface area (Å²) in [6.07, 6.45) is 6.57. The van der Waals surface area contributed by atoms with Crippen molar-refractivity contribution in [3.8, 4) is 23.2 Å². The monoisotopic (exact) mass is 682 g/mol. The first-order chi connectivity index (χ1) is 23.9. The van der Waals surface area contributed by atoms with Crippen LogP contribution in [0.2, 0.25) is 5.02 Å². The van der Waals surface area contributed by atoms with E-state index < -0.39 is 23.6 Å². The zero-order valence-corrected chi connectivity index (χ0v) is 27.5. The van der Waals surface area contributed by atoms with Gasteiger partial charge in [-0.05, 0) is 55.1 Å². The molecule has 2 saturated heterocycles. The van der Waals surface area contributed by atoms with Crippen molar-refractivity contribution in [3.63, 3.8) is 0 Å². The SMILES string of the molecule is C1CCNC1.COc1nc(N2CCN(C(=O)/C(F)=C/c3ncccn3)C(CC#N)C2)c2ccc(-c3cccc4cccc(Cl)c34)c(F)c2n1. The second kappa shape index (κ2) is 15.3. The topological polar surface area (TPSA) is 120 Å². The molecule has 0 spiro atoms. The minimum Gasteiger partial charge on any atom is -0.467 e. The maximum Gasteiger partial charge on any atom is 0.318 e. The molecule has 1 N–H and O–H groups in total. The van der Waals surface area contributed by atoms with Crippen molar-refractivity contribution in [2.45, 2.75) is 25.3 Å². The summed E-state index contributed by atoms with van der Waals surface area (Å²) in [4.78, 5) is 32.9. The maximum atomic E-state index is 16.3. The summed E-state index contributed by atoms with van der Waals surface area (Å²) in [6, 6.07) is 17.4. The Morgan fingerprint density at radius 2 is 1.82 bits per heavy atom. The van der Waals surface area contributed by atoms with Crippen molar-refractivity contribution in [2.24, 2.45) is 0 Å². The van der Waals surface area contributed by atoms with Crippen LogP contribution in [0, 0.1) is 17.1 Å². The number of anilines is 1. The molecule has 3 aromatic carbocycles. The Labute approximate surface area is 287 Å². The van der Waals surface area contributed by atoms with Crippen LogP contribution in [0.15, 0.2) is 72.8 Å². The van der Waals surface area contributed by atoms with E-state index in [1.165, 1.54) is 50.3 Å². The predicted molar refractivity (Wildman–Crippen MR) is 185 cm³/mol. The molecule has 2 fully saturated rings. The van der Waals surface area contributed by atoms with E-state index in [9.17, 15) is 14.4 Å².